The predicted octanol–water partition coefficient (Wildman–Crippen LogP) is 3.44. The molecule has 22 heavy (non-hydrogen) atoms. The molecule has 1 saturated carbocycles. The van der Waals surface area contributed by atoms with Gasteiger partial charge in [0.1, 0.15) is 0 Å². The van der Waals surface area contributed by atoms with E-state index in [9.17, 15) is 4.39 Å². The molecule has 0 aromatic heterocycles. The Morgan fingerprint density at radius 1 is 1.32 bits per heavy atom. The van der Waals surface area contributed by atoms with E-state index >= 15 is 0 Å². The van der Waals surface area contributed by atoms with E-state index in [4.69, 9.17) is 10.5 Å². The fourth-order valence-corrected chi connectivity index (χ4v) is 2.20. The van der Waals surface area contributed by atoms with Crippen molar-refractivity contribution in [2.45, 2.75) is 51.5 Å². The average Bonchev–Trinajstić information content (AvgIpc) is 3.29. The zero-order valence-electron chi connectivity index (χ0n) is 13.6. The van der Waals surface area contributed by atoms with Gasteiger partial charge in [-0.1, -0.05) is 6.42 Å². The van der Waals surface area contributed by atoms with Crippen LogP contribution in [-0.2, 0) is 0 Å². The summed E-state index contributed by atoms with van der Waals surface area (Å²) in [7, 11) is 0. The van der Waals surface area contributed by atoms with Gasteiger partial charge in [0.15, 0.2) is 11.6 Å². The third-order valence-corrected chi connectivity index (χ3v) is 3.90. The van der Waals surface area contributed by atoms with Gasteiger partial charge in [0, 0.05) is 11.6 Å². The lowest BCUT2D eigenvalue weighted by Crippen LogP contribution is -2.43. The van der Waals surface area contributed by atoms with Gasteiger partial charge >= 0.3 is 0 Å². The molecule has 1 aromatic carbocycles. The Kier molecular flexibility index (Phi) is 6.03. The van der Waals surface area contributed by atoms with Gasteiger partial charge in [-0.05, 0) is 64.1 Å². The smallest absolute Gasteiger partial charge is 0.165 e. The molecule has 0 bridgehead atoms. The van der Waals surface area contributed by atoms with E-state index in [-0.39, 0.29) is 11.4 Å². The highest BCUT2D eigenvalue weighted by molar-refractivity contribution is 5.48. The zero-order chi connectivity index (χ0) is 16.0. The van der Waals surface area contributed by atoms with E-state index < -0.39 is 0 Å². The van der Waals surface area contributed by atoms with Crippen LogP contribution in [0.5, 0.6) is 5.75 Å². The van der Waals surface area contributed by atoms with Gasteiger partial charge in [-0.3, -0.25) is 0 Å². The van der Waals surface area contributed by atoms with Crippen LogP contribution in [0.2, 0.25) is 0 Å². The molecule has 5 heteroatoms. The molecule has 1 fully saturated rings. The quantitative estimate of drug-likeness (QED) is 0.458. The SMILES string of the molecule is CC(C)(CCCCN)NNc1ccc(F)c(OCC2CC2)c1. The number of anilines is 1. The maximum Gasteiger partial charge on any atom is 0.165 e. The molecule has 0 heterocycles. The molecule has 1 aliphatic carbocycles. The van der Waals surface area contributed by atoms with Crippen molar-refractivity contribution in [2.75, 3.05) is 18.6 Å². The van der Waals surface area contributed by atoms with Crippen molar-refractivity contribution < 1.29 is 9.13 Å². The highest BCUT2D eigenvalue weighted by Gasteiger charge is 2.22. The molecule has 124 valence electrons. The molecule has 2 rings (SSSR count). The molecule has 0 aliphatic heterocycles. The Hall–Kier alpha value is -1.33. The van der Waals surface area contributed by atoms with E-state index in [0.717, 1.165) is 31.5 Å². The maximum atomic E-state index is 13.7. The van der Waals surface area contributed by atoms with Crippen molar-refractivity contribution in [3.05, 3.63) is 24.0 Å². The summed E-state index contributed by atoms with van der Waals surface area (Å²) in [6.45, 7) is 5.59. The van der Waals surface area contributed by atoms with Crippen molar-refractivity contribution in [2.24, 2.45) is 11.7 Å². The zero-order valence-corrected chi connectivity index (χ0v) is 13.6. The Balaban J connectivity index is 1.84. The second-order valence-electron chi connectivity index (χ2n) is 6.78. The largest absolute Gasteiger partial charge is 0.490 e. The number of nitrogens with two attached hydrogens (primary N) is 1. The topological polar surface area (TPSA) is 59.3 Å². The van der Waals surface area contributed by atoms with E-state index in [0.29, 0.717) is 18.3 Å². The molecule has 0 spiro atoms. The summed E-state index contributed by atoms with van der Waals surface area (Å²) in [6.07, 6.45) is 5.51. The summed E-state index contributed by atoms with van der Waals surface area (Å²) in [5.41, 5.74) is 12.7. The van der Waals surface area contributed by atoms with E-state index in [1.54, 1.807) is 12.1 Å². The summed E-state index contributed by atoms with van der Waals surface area (Å²) in [4.78, 5) is 0. The fourth-order valence-electron chi connectivity index (χ4n) is 2.20. The number of ether oxygens (including phenoxy) is 1. The number of halogens is 1. The first-order valence-corrected chi connectivity index (χ1v) is 8.16. The first-order valence-electron chi connectivity index (χ1n) is 8.16. The van der Waals surface area contributed by atoms with Gasteiger partial charge in [-0.25, -0.2) is 9.82 Å². The van der Waals surface area contributed by atoms with Crippen molar-refractivity contribution in [1.82, 2.24) is 5.43 Å². The van der Waals surface area contributed by atoms with Crippen molar-refractivity contribution in [3.8, 4) is 5.75 Å². The number of benzene rings is 1. The first-order chi connectivity index (χ1) is 10.5. The van der Waals surface area contributed by atoms with Gasteiger partial charge < -0.3 is 15.9 Å². The second-order valence-corrected chi connectivity index (χ2v) is 6.78. The van der Waals surface area contributed by atoms with Crippen molar-refractivity contribution in [1.29, 1.82) is 0 Å². The van der Waals surface area contributed by atoms with Crippen LogP contribution in [-0.4, -0.2) is 18.7 Å². The van der Waals surface area contributed by atoms with Crippen LogP contribution in [0.15, 0.2) is 18.2 Å². The Labute approximate surface area is 132 Å². The minimum atomic E-state index is -0.312. The van der Waals surface area contributed by atoms with Crippen molar-refractivity contribution in [3.63, 3.8) is 0 Å². The van der Waals surface area contributed by atoms with Gasteiger partial charge in [-0.2, -0.15) is 0 Å². The number of rotatable bonds is 10. The molecule has 0 saturated heterocycles. The summed E-state index contributed by atoms with van der Waals surface area (Å²) >= 11 is 0. The summed E-state index contributed by atoms with van der Waals surface area (Å²) in [5, 5.41) is 0. The van der Waals surface area contributed by atoms with Gasteiger partial charge in [0.2, 0.25) is 0 Å². The van der Waals surface area contributed by atoms with E-state index in [1.807, 2.05) is 0 Å². The monoisotopic (exact) mass is 309 g/mol. The molecular formula is C17H28FN3O. The van der Waals surface area contributed by atoms with Crippen LogP contribution in [0.25, 0.3) is 0 Å². The summed E-state index contributed by atoms with van der Waals surface area (Å²) < 4.78 is 19.3. The van der Waals surface area contributed by atoms with Crippen LogP contribution < -0.4 is 21.3 Å². The van der Waals surface area contributed by atoms with Gasteiger partial charge in [0.25, 0.3) is 0 Å². The predicted molar refractivity (Wildman–Crippen MR) is 88.4 cm³/mol. The van der Waals surface area contributed by atoms with Crippen LogP contribution in [0.4, 0.5) is 10.1 Å². The number of hydrazine groups is 1. The molecule has 0 unspecified atom stereocenters. The average molecular weight is 309 g/mol. The minimum absolute atomic E-state index is 0.0570. The number of hydrogen-bond donors (Lipinski definition) is 3. The first kappa shape index (κ1) is 17.0. The summed E-state index contributed by atoms with van der Waals surface area (Å²) in [6, 6.07) is 4.86. The third-order valence-electron chi connectivity index (χ3n) is 3.90. The molecular weight excluding hydrogens is 281 g/mol. The Morgan fingerprint density at radius 3 is 2.77 bits per heavy atom. The highest BCUT2D eigenvalue weighted by atomic mass is 19.1. The molecule has 4 nitrogen and oxygen atoms in total. The maximum absolute atomic E-state index is 13.7. The van der Waals surface area contributed by atoms with E-state index in [1.165, 1.54) is 18.9 Å². The van der Waals surface area contributed by atoms with Crippen molar-refractivity contribution >= 4 is 5.69 Å². The number of hydrogen-bond acceptors (Lipinski definition) is 4. The molecule has 0 amide bonds. The van der Waals surface area contributed by atoms with Crippen LogP contribution in [0, 0.1) is 11.7 Å². The fraction of sp³-hybridized carbons (Fsp3) is 0.647. The number of nitrogens with one attached hydrogen (secondary N) is 2. The lowest BCUT2D eigenvalue weighted by molar-refractivity contribution is 0.285. The van der Waals surface area contributed by atoms with Crippen LogP contribution in [0.3, 0.4) is 0 Å². The lowest BCUT2D eigenvalue weighted by Gasteiger charge is -2.27. The Morgan fingerprint density at radius 2 is 2.09 bits per heavy atom. The molecule has 1 aromatic rings. The van der Waals surface area contributed by atoms with E-state index in [2.05, 4.69) is 24.7 Å². The van der Waals surface area contributed by atoms with Gasteiger partial charge in [-0.15, -0.1) is 0 Å². The lowest BCUT2D eigenvalue weighted by atomic mass is 9.98. The van der Waals surface area contributed by atoms with Crippen LogP contribution in [0.1, 0.15) is 46.0 Å². The standard InChI is InChI=1S/C17H28FN3O/c1-17(2,9-3-4-10-19)21-20-14-7-8-15(18)16(11-14)22-12-13-5-6-13/h7-8,11,13,20-21H,3-6,9-10,12,19H2,1-2H3. The Bertz CT molecular complexity index is 475. The summed E-state index contributed by atoms with van der Waals surface area (Å²) in [5.74, 6) is 0.615. The molecule has 4 N–H and O–H groups in total. The third kappa shape index (κ3) is 5.81. The molecule has 0 atom stereocenters. The minimum Gasteiger partial charge on any atom is -0.490 e. The van der Waals surface area contributed by atoms with Crippen LogP contribution >= 0.6 is 0 Å². The normalized spacial score (nSPS) is 14.9. The highest BCUT2D eigenvalue weighted by Crippen LogP contribution is 2.31. The molecule has 0 radical (unpaired) electrons. The second kappa shape index (κ2) is 7.79. The molecule has 1 aliphatic rings. The number of unbranched alkanes of at least 4 members (excludes halogenated alkanes) is 1. The van der Waals surface area contributed by atoms with Gasteiger partial charge in [0.05, 0.1) is 12.3 Å².